The molecule has 2 aromatic rings. The summed E-state index contributed by atoms with van der Waals surface area (Å²) >= 11 is 0. The van der Waals surface area contributed by atoms with Crippen LogP contribution in [0.3, 0.4) is 0 Å². The first-order valence-electron chi connectivity index (χ1n) is 7.90. The minimum Gasteiger partial charge on any atom is -0.295 e. The number of imidazole rings is 1. The van der Waals surface area contributed by atoms with Gasteiger partial charge in [0.1, 0.15) is 0 Å². The number of hydrogen-bond acceptors (Lipinski definition) is 1. The van der Waals surface area contributed by atoms with Gasteiger partial charge in [-0.25, -0.2) is 4.79 Å². The molecular weight excluding hydrogens is 248 g/mol. The number of rotatable bonds is 8. The molecule has 1 heterocycles. The van der Waals surface area contributed by atoms with Crippen LogP contribution in [0.1, 0.15) is 51.9 Å². The number of nitrogens with zero attached hydrogens (tertiary/aromatic N) is 2. The topological polar surface area (TPSA) is 26.9 Å². The van der Waals surface area contributed by atoms with Gasteiger partial charge in [-0.15, -0.1) is 0 Å². The van der Waals surface area contributed by atoms with Crippen molar-refractivity contribution in [3.05, 3.63) is 34.7 Å². The van der Waals surface area contributed by atoms with E-state index in [-0.39, 0.29) is 5.69 Å². The Kier molecular flexibility index (Phi) is 5.45. The minimum absolute atomic E-state index is 0.109. The van der Waals surface area contributed by atoms with Crippen molar-refractivity contribution in [3.63, 3.8) is 0 Å². The SMILES string of the molecule is CCCCCCCCCn1c(=O)n(C)c2ccccc21. The van der Waals surface area contributed by atoms with Crippen LogP contribution < -0.4 is 5.69 Å². The molecule has 0 amide bonds. The van der Waals surface area contributed by atoms with Crippen LogP contribution in [0.25, 0.3) is 11.0 Å². The van der Waals surface area contributed by atoms with Gasteiger partial charge in [0.05, 0.1) is 11.0 Å². The van der Waals surface area contributed by atoms with Gasteiger partial charge < -0.3 is 0 Å². The second kappa shape index (κ2) is 7.32. The number of hydrogen-bond donors (Lipinski definition) is 0. The van der Waals surface area contributed by atoms with Crippen molar-refractivity contribution in [2.75, 3.05) is 0 Å². The Balaban J connectivity index is 1.90. The maximum Gasteiger partial charge on any atom is 0.328 e. The Morgan fingerprint density at radius 2 is 1.50 bits per heavy atom. The van der Waals surface area contributed by atoms with E-state index in [0.717, 1.165) is 24.0 Å². The van der Waals surface area contributed by atoms with Gasteiger partial charge in [-0.05, 0) is 18.6 Å². The van der Waals surface area contributed by atoms with E-state index in [1.165, 1.54) is 38.5 Å². The lowest BCUT2D eigenvalue weighted by Gasteiger charge is -2.03. The third-order valence-corrected chi connectivity index (χ3v) is 4.04. The molecule has 2 rings (SSSR count). The molecular formula is C17H26N2O. The summed E-state index contributed by atoms with van der Waals surface area (Å²) in [6.45, 7) is 3.08. The molecule has 0 radical (unpaired) electrons. The van der Waals surface area contributed by atoms with Crippen molar-refractivity contribution in [3.8, 4) is 0 Å². The molecule has 0 atom stereocenters. The molecule has 110 valence electrons. The fraction of sp³-hybridized carbons (Fsp3) is 0.588. The van der Waals surface area contributed by atoms with Crippen molar-refractivity contribution in [2.45, 2.75) is 58.4 Å². The molecule has 1 aromatic heterocycles. The number of unbranched alkanes of at least 4 members (excludes halogenated alkanes) is 6. The zero-order chi connectivity index (χ0) is 14.4. The minimum atomic E-state index is 0.109. The number of benzene rings is 1. The highest BCUT2D eigenvalue weighted by Gasteiger charge is 2.08. The van der Waals surface area contributed by atoms with Gasteiger partial charge in [0.2, 0.25) is 0 Å². The third kappa shape index (κ3) is 3.33. The van der Waals surface area contributed by atoms with Crippen molar-refractivity contribution < 1.29 is 0 Å². The van der Waals surface area contributed by atoms with Crippen LogP contribution in [0, 0.1) is 0 Å². The first-order chi connectivity index (χ1) is 9.75. The Morgan fingerprint density at radius 1 is 0.900 bits per heavy atom. The van der Waals surface area contributed by atoms with Crippen LogP contribution in [0.5, 0.6) is 0 Å². The van der Waals surface area contributed by atoms with Crippen molar-refractivity contribution >= 4 is 11.0 Å². The van der Waals surface area contributed by atoms with Gasteiger partial charge in [-0.1, -0.05) is 57.6 Å². The first-order valence-corrected chi connectivity index (χ1v) is 7.90. The lowest BCUT2D eigenvalue weighted by Crippen LogP contribution is -2.22. The highest BCUT2D eigenvalue weighted by atomic mass is 16.1. The normalized spacial score (nSPS) is 11.3. The van der Waals surface area contributed by atoms with Gasteiger partial charge in [-0.3, -0.25) is 9.13 Å². The van der Waals surface area contributed by atoms with E-state index in [4.69, 9.17) is 0 Å². The lowest BCUT2D eigenvalue weighted by molar-refractivity contribution is 0.545. The van der Waals surface area contributed by atoms with Gasteiger partial charge >= 0.3 is 5.69 Å². The van der Waals surface area contributed by atoms with E-state index in [1.807, 2.05) is 35.9 Å². The van der Waals surface area contributed by atoms with Crippen molar-refractivity contribution in [1.29, 1.82) is 0 Å². The molecule has 0 N–H and O–H groups in total. The van der Waals surface area contributed by atoms with Crippen LogP contribution in [-0.2, 0) is 13.6 Å². The van der Waals surface area contributed by atoms with Crippen molar-refractivity contribution in [2.24, 2.45) is 7.05 Å². The molecule has 3 heteroatoms. The Morgan fingerprint density at radius 3 is 2.20 bits per heavy atom. The molecule has 0 aliphatic rings. The summed E-state index contributed by atoms with van der Waals surface area (Å²) in [6, 6.07) is 8.04. The predicted octanol–water partition coefficient (Wildman–Crippen LogP) is 4.09. The summed E-state index contributed by atoms with van der Waals surface area (Å²) < 4.78 is 3.66. The quantitative estimate of drug-likeness (QED) is 0.666. The highest BCUT2D eigenvalue weighted by molar-refractivity contribution is 5.75. The van der Waals surface area contributed by atoms with E-state index in [1.54, 1.807) is 4.57 Å². The number of fused-ring (bicyclic) bond motifs is 1. The van der Waals surface area contributed by atoms with Gasteiger partial charge in [0.25, 0.3) is 0 Å². The summed E-state index contributed by atoms with van der Waals surface area (Å²) in [5.41, 5.74) is 2.20. The van der Waals surface area contributed by atoms with E-state index < -0.39 is 0 Å². The lowest BCUT2D eigenvalue weighted by atomic mass is 10.1. The van der Waals surface area contributed by atoms with Crippen LogP contribution in [-0.4, -0.2) is 9.13 Å². The number of para-hydroxylation sites is 2. The maximum atomic E-state index is 12.2. The molecule has 0 saturated carbocycles. The molecule has 0 bridgehead atoms. The molecule has 0 aliphatic heterocycles. The molecule has 20 heavy (non-hydrogen) atoms. The fourth-order valence-electron chi connectivity index (χ4n) is 2.81. The van der Waals surface area contributed by atoms with E-state index in [2.05, 4.69) is 6.92 Å². The second-order valence-electron chi connectivity index (χ2n) is 5.60. The van der Waals surface area contributed by atoms with Gasteiger partial charge in [-0.2, -0.15) is 0 Å². The van der Waals surface area contributed by atoms with E-state index >= 15 is 0 Å². The zero-order valence-electron chi connectivity index (χ0n) is 12.8. The number of aromatic nitrogens is 2. The molecule has 0 unspecified atom stereocenters. The summed E-state index contributed by atoms with van der Waals surface area (Å²) in [4.78, 5) is 12.2. The largest absolute Gasteiger partial charge is 0.328 e. The molecule has 0 saturated heterocycles. The van der Waals surface area contributed by atoms with Gasteiger partial charge in [0, 0.05) is 13.6 Å². The standard InChI is InChI=1S/C17H26N2O/c1-3-4-5-6-7-8-11-14-19-16-13-10-9-12-15(16)18(2)17(19)20/h9-10,12-13H,3-8,11,14H2,1-2H3. The Labute approximate surface area is 121 Å². The Hall–Kier alpha value is -1.51. The average Bonchev–Trinajstić information content (AvgIpc) is 2.71. The highest BCUT2D eigenvalue weighted by Crippen LogP contribution is 2.13. The first kappa shape index (κ1) is 14.9. The Bertz CT molecular complexity index is 595. The smallest absolute Gasteiger partial charge is 0.295 e. The van der Waals surface area contributed by atoms with Crippen molar-refractivity contribution in [1.82, 2.24) is 9.13 Å². The van der Waals surface area contributed by atoms with E-state index in [0.29, 0.717) is 0 Å². The summed E-state index contributed by atoms with van der Waals surface area (Å²) in [5, 5.41) is 0. The molecule has 0 fully saturated rings. The summed E-state index contributed by atoms with van der Waals surface area (Å²) in [6.07, 6.45) is 8.94. The zero-order valence-corrected chi connectivity index (χ0v) is 12.8. The fourth-order valence-corrected chi connectivity index (χ4v) is 2.81. The monoisotopic (exact) mass is 274 g/mol. The predicted molar refractivity (Wildman–Crippen MR) is 85.2 cm³/mol. The molecule has 0 aliphatic carbocycles. The van der Waals surface area contributed by atoms with Crippen LogP contribution in [0.4, 0.5) is 0 Å². The van der Waals surface area contributed by atoms with Crippen LogP contribution in [0.2, 0.25) is 0 Å². The van der Waals surface area contributed by atoms with Crippen LogP contribution in [0.15, 0.2) is 29.1 Å². The molecule has 3 nitrogen and oxygen atoms in total. The maximum absolute atomic E-state index is 12.2. The van der Waals surface area contributed by atoms with E-state index in [9.17, 15) is 4.79 Å². The number of aryl methyl sites for hydroxylation is 2. The summed E-state index contributed by atoms with van der Waals surface area (Å²) in [5.74, 6) is 0. The molecule has 0 spiro atoms. The second-order valence-corrected chi connectivity index (χ2v) is 5.60. The van der Waals surface area contributed by atoms with Gasteiger partial charge in [0.15, 0.2) is 0 Å². The van der Waals surface area contributed by atoms with Crippen LogP contribution >= 0.6 is 0 Å². The molecule has 1 aromatic carbocycles. The third-order valence-electron chi connectivity index (χ3n) is 4.04. The average molecular weight is 274 g/mol. The summed E-state index contributed by atoms with van der Waals surface area (Å²) in [7, 11) is 1.85.